The lowest BCUT2D eigenvalue weighted by Crippen LogP contribution is -2.32. The lowest BCUT2D eigenvalue weighted by molar-refractivity contribution is 0.0939. The number of amides is 1. The number of hydrogen-bond donors (Lipinski definition) is 2. The number of benzene rings is 2. The predicted molar refractivity (Wildman–Crippen MR) is 112 cm³/mol. The van der Waals surface area contributed by atoms with Crippen molar-refractivity contribution >= 4 is 15.9 Å². The molecule has 1 saturated heterocycles. The number of carbonyl (C=O) groups excluding carboxylic acids is 1. The van der Waals surface area contributed by atoms with Crippen LogP contribution in [0.25, 0.3) is 0 Å². The molecule has 2 aromatic rings. The van der Waals surface area contributed by atoms with Crippen molar-refractivity contribution in [3.8, 4) is 0 Å². The summed E-state index contributed by atoms with van der Waals surface area (Å²) < 4.78 is 32.9. The first kappa shape index (κ1) is 21.5. The van der Waals surface area contributed by atoms with Crippen LogP contribution in [0.3, 0.4) is 0 Å². The van der Waals surface area contributed by atoms with Gasteiger partial charge in [-0.15, -0.1) is 0 Å². The number of nitrogens with one attached hydrogen (secondary N) is 2. The van der Waals surface area contributed by atoms with Gasteiger partial charge in [0.05, 0.1) is 17.0 Å². The Morgan fingerprint density at radius 2 is 1.90 bits per heavy atom. The summed E-state index contributed by atoms with van der Waals surface area (Å²) in [4.78, 5) is 12.7. The minimum absolute atomic E-state index is 0.0682. The van der Waals surface area contributed by atoms with Crippen molar-refractivity contribution in [2.75, 3.05) is 13.2 Å². The molecule has 0 aliphatic carbocycles. The Balaban J connectivity index is 1.64. The van der Waals surface area contributed by atoms with Crippen LogP contribution in [0.15, 0.2) is 47.4 Å². The zero-order valence-corrected chi connectivity index (χ0v) is 17.9. The van der Waals surface area contributed by atoms with Gasteiger partial charge >= 0.3 is 0 Å². The third-order valence-electron chi connectivity index (χ3n) is 5.20. The van der Waals surface area contributed by atoms with Gasteiger partial charge in [-0.2, -0.15) is 0 Å². The predicted octanol–water partition coefficient (Wildman–Crippen LogP) is 3.25. The Labute approximate surface area is 172 Å². The molecule has 0 spiro atoms. The maximum Gasteiger partial charge on any atom is 0.251 e. The summed E-state index contributed by atoms with van der Waals surface area (Å²) in [6, 6.07) is 12.0. The Morgan fingerprint density at radius 1 is 1.17 bits per heavy atom. The van der Waals surface area contributed by atoms with Gasteiger partial charge in [-0.1, -0.05) is 23.8 Å². The highest BCUT2D eigenvalue weighted by molar-refractivity contribution is 7.89. The van der Waals surface area contributed by atoms with Crippen LogP contribution in [0.4, 0.5) is 0 Å². The largest absolute Gasteiger partial charge is 0.377 e. The van der Waals surface area contributed by atoms with Gasteiger partial charge in [0, 0.05) is 18.7 Å². The van der Waals surface area contributed by atoms with Crippen LogP contribution < -0.4 is 10.0 Å². The minimum atomic E-state index is -3.63. The van der Waals surface area contributed by atoms with Crippen LogP contribution in [0, 0.1) is 13.8 Å². The normalized spacial score (nSPS) is 17.8. The highest BCUT2D eigenvalue weighted by Gasteiger charge is 2.21. The van der Waals surface area contributed by atoms with E-state index >= 15 is 0 Å². The number of hydrogen-bond acceptors (Lipinski definition) is 4. The van der Waals surface area contributed by atoms with Crippen molar-refractivity contribution in [1.29, 1.82) is 0 Å². The summed E-state index contributed by atoms with van der Waals surface area (Å²) in [7, 11) is -3.63. The molecule has 0 radical (unpaired) electrons. The van der Waals surface area contributed by atoms with Crippen LogP contribution in [0.1, 0.15) is 52.9 Å². The molecule has 156 valence electrons. The van der Waals surface area contributed by atoms with Crippen LogP contribution in [-0.4, -0.2) is 33.6 Å². The first-order valence-corrected chi connectivity index (χ1v) is 11.3. The molecule has 1 fully saturated rings. The fourth-order valence-electron chi connectivity index (χ4n) is 3.46. The maximum absolute atomic E-state index is 12.6. The van der Waals surface area contributed by atoms with Crippen molar-refractivity contribution in [2.24, 2.45) is 0 Å². The second kappa shape index (κ2) is 9.07. The van der Waals surface area contributed by atoms with E-state index in [-0.39, 0.29) is 29.5 Å². The van der Waals surface area contributed by atoms with Crippen LogP contribution >= 0.6 is 0 Å². The molecule has 7 heteroatoms. The zero-order valence-electron chi connectivity index (χ0n) is 17.1. The molecule has 1 aliphatic rings. The summed E-state index contributed by atoms with van der Waals surface area (Å²) in [5.41, 5.74) is 3.73. The summed E-state index contributed by atoms with van der Waals surface area (Å²) in [6.45, 7) is 6.91. The molecule has 2 atom stereocenters. The third kappa shape index (κ3) is 5.44. The van der Waals surface area contributed by atoms with Gasteiger partial charge in [0.1, 0.15) is 0 Å². The van der Waals surface area contributed by atoms with E-state index in [2.05, 4.69) is 16.1 Å². The molecule has 0 bridgehead atoms. The highest BCUT2D eigenvalue weighted by atomic mass is 32.2. The van der Waals surface area contributed by atoms with Gasteiger partial charge in [-0.05, 0) is 69.0 Å². The Kier molecular flexibility index (Phi) is 6.72. The maximum atomic E-state index is 12.6. The number of ether oxygens (including phenoxy) is 1. The molecule has 0 aromatic heterocycles. The molecular formula is C22H28N2O4S. The van der Waals surface area contributed by atoms with Crippen LogP contribution in [-0.2, 0) is 14.8 Å². The summed E-state index contributed by atoms with van der Waals surface area (Å²) in [5.74, 6) is -0.241. The van der Waals surface area contributed by atoms with Gasteiger partial charge < -0.3 is 10.1 Å². The molecule has 0 saturated carbocycles. The van der Waals surface area contributed by atoms with E-state index in [1.807, 2.05) is 32.9 Å². The van der Waals surface area contributed by atoms with E-state index in [0.29, 0.717) is 12.2 Å². The number of rotatable bonds is 7. The van der Waals surface area contributed by atoms with Crippen LogP contribution in [0.2, 0.25) is 0 Å². The molecule has 2 unspecified atom stereocenters. The molecule has 29 heavy (non-hydrogen) atoms. The minimum Gasteiger partial charge on any atom is -0.377 e. The average Bonchev–Trinajstić information content (AvgIpc) is 3.22. The Morgan fingerprint density at radius 3 is 2.55 bits per heavy atom. The second-order valence-corrected chi connectivity index (χ2v) is 9.33. The first-order valence-electron chi connectivity index (χ1n) is 9.85. The molecule has 2 aromatic carbocycles. The van der Waals surface area contributed by atoms with Crippen molar-refractivity contribution in [3.05, 3.63) is 64.7 Å². The van der Waals surface area contributed by atoms with E-state index in [9.17, 15) is 13.2 Å². The van der Waals surface area contributed by atoms with Crippen molar-refractivity contribution in [3.63, 3.8) is 0 Å². The molecule has 1 amide bonds. The molecule has 3 rings (SSSR count). The van der Waals surface area contributed by atoms with Gasteiger partial charge in [0.25, 0.3) is 5.91 Å². The highest BCUT2D eigenvalue weighted by Crippen LogP contribution is 2.20. The quantitative estimate of drug-likeness (QED) is 0.726. The van der Waals surface area contributed by atoms with E-state index in [1.54, 1.807) is 0 Å². The van der Waals surface area contributed by atoms with Gasteiger partial charge in [-0.25, -0.2) is 13.1 Å². The van der Waals surface area contributed by atoms with Crippen molar-refractivity contribution < 1.29 is 17.9 Å². The molecule has 1 heterocycles. The fraction of sp³-hybridized carbons (Fsp3) is 0.409. The fourth-order valence-corrected chi connectivity index (χ4v) is 4.53. The van der Waals surface area contributed by atoms with E-state index < -0.39 is 10.0 Å². The van der Waals surface area contributed by atoms with Gasteiger partial charge in [-0.3, -0.25) is 4.79 Å². The van der Waals surface area contributed by atoms with E-state index in [0.717, 1.165) is 29.5 Å². The first-order chi connectivity index (χ1) is 13.8. The summed E-state index contributed by atoms with van der Waals surface area (Å²) in [6.07, 6.45) is 1.75. The standard InChI is InChI=1S/C22H28N2O4S/c1-15-6-7-16(2)21(13-15)17(3)24-22(25)18-8-10-20(11-9-18)29(26,27)23-14-19-5-4-12-28-19/h6-11,13,17,19,23H,4-5,12,14H2,1-3H3,(H,24,25). The van der Waals surface area contributed by atoms with E-state index in [1.165, 1.54) is 24.3 Å². The monoisotopic (exact) mass is 416 g/mol. The van der Waals surface area contributed by atoms with Crippen molar-refractivity contribution in [1.82, 2.24) is 10.0 Å². The van der Waals surface area contributed by atoms with Crippen LogP contribution in [0.5, 0.6) is 0 Å². The number of sulfonamides is 1. The van der Waals surface area contributed by atoms with E-state index in [4.69, 9.17) is 4.74 Å². The summed E-state index contributed by atoms with van der Waals surface area (Å²) >= 11 is 0. The third-order valence-corrected chi connectivity index (χ3v) is 6.64. The smallest absolute Gasteiger partial charge is 0.251 e. The number of aryl methyl sites for hydroxylation is 2. The Hall–Kier alpha value is -2.22. The molecule has 6 nitrogen and oxygen atoms in total. The van der Waals surface area contributed by atoms with Gasteiger partial charge in [0.2, 0.25) is 10.0 Å². The Bertz CT molecular complexity index is 965. The molecular weight excluding hydrogens is 388 g/mol. The summed E-state index contributed by atoms with van der Waals surface area (Å²) in [5, 5.41) is 2.98. The zero-order chi connectivity index (χ0) is 21.0. The second-order valence-electron chi connectivity index (χ2n) is 7.57. The number of carbonyl (C=O) groups is 1. The molecule has 2 N–H and O–H groups in total. The molecule has 1 aliphatic heterocycles. The SMILES string of the molecule is Cc1ccc(C)c(C(C)NC(=O)c2ccc(S(=O)(=O)NCC3CCCO3)cc2)c1. The lowest BCUT2D eigenvalue weighted by Gasteiger charge is -2.17. The van der Waals surface area contributed by atoms with Gasteiger partial charge in [0.15, 0.2) is 0 Å². The van der Waals surface area contributed by atoms with Crippen molar-refractivity contribution in [2.45, 2.75) is 50.7 Å². The lowest BCUT2D eigenvalue weighted by atomic mass is 10.00. The topological polar surface area (TPSA) is 84.5 Å². The average molecular weight is 417 g/mol.